The number of rotatable bonds is 6. The van der Waals surface area contributed by atoms with Gasteiger partial charge in [-0.3, -0.25) is 9.00 Å². The fourth-order valence-electron chi connectivity index (χ4n) is 4.88. The Balaban J connectivity index is 1.42. The van der Waals surface area contributed by atoms with Gasteiger partial charge in [-0.2, -0.15) is 0 Å². The number of aryl methyl sites for hydroxylation is 1. The third kappa shape index (κ3) is 5.04. The molecule has 0 spiro atoms. The van der Waals surface area contributed by atoms with Crippen LogP contribution in [0.2, 0.25) is 0 Å². The van der Waals surface area contributed by atoms with Crippen molar-refractivity contribution in [1.29, 1.82) is 0 Å². The highest BCUT2D eigenvalue weighted by Gasteiger charge is 2.37. The predicted molar refractivity (Wildman–Crippen MR) is 136 cm³/mol. The van der Waals surface area contributed by atoms with Crippen molar-refractivity contribution in [1.82, 2.24) is 14.9 Å². The lowest BCUT2D eigenvalue weighted by molar-refractivity contribution is -0.138. The van der Waals surface area contributed by atoms with Gasteiger partial charge in [0.15, 0.2) is 0 Å². The van der Waals surface area contributed by atoms with E-state index in [0.29, 0.717) is 17.0 Å². The molecule has 1 aromatic carbocycles. The molecule has 2 unspecified atom stereocenters. The third-order valence-electron chi connectivity index (χ3n) is 7.00. The van der Waals surface area contributed by atoms with Gasteiger partial charge in [-0.15, -0.1) is 0 Å². The maximum Gasteiger partial charge on any atom is 0.245 e. The van der Waals surface area contributed by atoms with Crippen molar-refractivity contribution < 1.29 is 13.4 Å². The van der Waals surface area contributed by atoms with Crippen LogP contribution in [0.15, 0.2) is 35.5 Å². The van der Waals surface area contributed by atoms with Crippen molar-refractivity contribution in [3.8, 4) is 0 Å². The van der Waals surface area contributed by atoms with Gasteiger partial charge < -0.3 is 14.7 Å². The molecule has 9 heteroatoms. The summed E-state index contributed by atoms with van der Waals surface area (Å²) < 4.78 is 27.1. The Morgan fingerprint density at radius 1 is 1.18 bits per heavy atom. The van der Waals surface area contributed by atoms with Gasteiger partial charge in [0.05, 0.1) is 5.69 Å². The molecule has 184 valence electrons. The first-order valence-corrected chi connectivity index (χ1v) is 14.0. The zero-order valence-electron chi connectivity index (χ0n) is 20.2. The van der Waals surface area contributed by atoms with Crippen LogP contribution in [0, 0.1) is 5.82 Å². The second kappa shape index (κ2) is 9.90. The maximum absolute atomic E-state index is 14.9. The number of amides is 1. The molecular formula is C25H34FN5O2S. The summed E-state index contributed by atoms with van der Waals surface area (Å²) in [4.78, 5) is 28.7. The number of likely N-dealkylation sites (tertiary alicyclic amines) is 1. The zero-order chi connectivity index (χ0) is 24.5. The molecule has 0 N–H and O–H groups in total. The fraction of sp³-hybridized carbons (Fsp3) is 0.520. The van der Waals surface area contributed by atoms with Crippen molar-refractivity contribution in [3.05, 3.63) is 42.0 Å². The Hall–Kier alpha value is -2.68. The summed E-state index contributed by atoms with van der Waals surface area (Å²) in [6.45, 7) is 4.42. The predicted octanol–water partition coefficient (Wildman–Crippen LogP) is 2.98. The molecule has 34 heavy (non-hydrogen) atoms. The van der Waals surface area contributed by atoms with Crippen LogP contribution in [-0.4, -0.2) is 75.9 Å². The van der Waals surface area contributed by atoms with Gasteiger partial charge in [-0.25, -0.2) is 14.4 Å². The van der Waals surface area contributed by atoms with Gasteiger partial charge in [0, 0.05) is 56.3 Å². The van der Waals surface area contributed by atoms with E-state index in [1.165, 1.54) is 12.3 Å². The molecule has 4 rings (SSSR count). The highest BCUT2D eigenvalue weighted by molar-refractivity contribution is 7.99. The van der Waals surface area contributed by atoms with E-state index < -0.39 is 21.4 Å². The Labute approximate surface area is 202 Å². The van der Waals surface area contributed by atoms with E-state index in [2.05, 4.69) is 27.7 Å². The van der Waals surface area contributed by atoms with Crippen molar-refractivity contribution in [2.45, 2.75) is 56.0 Å². The normalized spacial score (nSPS) is 21.4. The number of hydrogen-bond acceptors (Lipinski definition) is 6. The lowest BCUT2D eigenvalue weighted by Crippen LogP contribution is -2.57. The summed E-state index contributed by atoms with van der Waals surface area (Å²) in [5.41, 5.74) is 1.46. The van der Waals surface area contributed by atoms with Gasteiger partial charge in [0.1, 0.15) is 11.9 Å². The average Bonchev–Trinajstić information content (AvgIpc) is 2.83. The van der Waals surface area contributed by atoms with Crippen LogP contribution in [0.1, 0.15) is 38.2 Å². The number of likely N-dealkylation sites (N-methyl/N-ethyl adjacent to an activating group) is 1. The highest BCUT2D eigenvalue weighted by Crippen LogP contribution is 2.29. The number of nitrogens with zero attached hydrogens (tertiary/aromatic N) is 5. The summed E-state index contributed by atoms with van der Waals surface area (Å²) in [6.07, 6.45) is 9.45. The van der Waals surface area contributed by atoms with E-state index in [0.717, 1.165) is 56.8 Å². The van der Waals surface area contributed by atoms with Gasteiger partial charge in [0.2, 0.25) is 11.9 Å². The molecule has 2 aliphatic rings. The van der Waals surface area contributed by atoms with Crippen LogP contribution in [0.3, 0.4) is 0 Å². The minimum Gasteiger partial charge on any atom is -0.360 e. The van der Waals surface area contributed by atoms with Crippen molar-refractivity contribution in [2.24, 2.45) is 0 Å². The Morgan fingerprint density at radius 3 is 2.44 bits per heavy atom. The van der Waals surface area contributed by atoms with E-state index in [1.54, 1.807) is 24.1 Å². The molecule has 2 atom stereocenters. The summed E-state index contributed by atoms with van der Waals surface area (Å²) in [6, 6.07) is 4.27. The van der Waals surface area contributed by atoms with E-state index in [1.807, 2.05) is 17.3 Å². The van der Waals surface area contributed by atoms with Crippen LogP contribution in [0.5, 0.6) is 0 Å². The molecule has 2 saturated heterocycles. The minimum atomic E-state index is -2.50. The standard InChI is InChI=1S/C25H34FN5O2S/c1-5-18-16-27-25(28-17-18)30-13-10-19(11-14-30)31-12-6-7-23(24(31)32)29(2)22-9-8-20(15-21(22)26)34(3,4)33/h8-9,15-17,19,23H,3,5-7,10-14H2,1-2,4H3. The van der Waals surface area contributed by atoms with Crippen LogP contribution >= 0.6 is 0 Å². The number of carbonyl (C=O) groups is 1. The number of hydrogen-bond donors (Lipinski definition) is 0. The second-order valence-corrected chi connectivity index (χ2v) is 11.9. The second-order valence-electron chi connectivity index (χ2n) is 9.38. The lowest BCUT2D eigenvalue weighted by Gasteiger charge is -2.44. The highest BCUT2D eigenvalue weighted by atomic mass is 32.2. The molecule has 0 bridgehead atoms. The molecule has 7 nitrogen and oxygen atoms in total. The van der Waals surface area contributed by atoms with E-state index >= 15 is 0 Å². The van der Waals surface area contributed by atoms with Crippen molar-refractivity contribution in [2.75, 3.05) is 42.7 Å². The van der Waals surface area contributed by atoms with E-state index in [9.17, 15) is 13.4 Å². The Bertz CT molecular complexity index is 1130. The molecule has 2 aliphatic heterocycles. The van der Waals surface area contributed by atoms with Crippen LogP contribution < -0.4 is 9.80 Å². The largest absolute Gasteiger partial charge is 0.360 e. The third-order valence-corrected chi connectivity index (χ3v) is 8.25. The number of benzene rings is 1. The van der Waals surface area contributed by atoms with Gasteiger partial charge in [-0.1, -0.05) is 6.92 Å². The first-order valence-electron chi connectivity index (χ1n) is 11.9. The molecule has 2 aromatic rings. The summed E-state index contributed by atoms with van der Waals surface area (Å²) in [5.74, 6) is 3.94. The van der Waals surface area contributed by atoms with Gasteiger partial charge in [-0.05, 0) is 71.3 Å². The molecule has 3 heterocycles. The van der Waals surface area contributed by atoms with Crippen molar-refractivity contribution in [3.63, 3.8) is 0 Å². The first kappa shape index (κ1) is 24.4. The first-order chi connectivity index (χ1) is 16.2. The molecule has 0 saturated carbocycles. The topological polar surface area (TPSA) is 69.6 Å². The van der Waals surface area contributed by atoms with E-state index in [-0.39, 0.29) is 11.9 Å². The molecular weight excluding hydrogens is 453 g/mol. The monoisotopic (exact) mass is 487 g/mol. The van der Waals surface area contributed by atoms with Crippen LogP contribution in [-0.2, 0) is 20.7 Å². The SMILES string of the molecule is C=S(C)(=O)c1ccc(N(C)C2CCCN(C3CCN(c4ncc(CC)cn4)CC3)C2=O)c(F)c1. The molecule has 1 amide bonds. The fourth-order valence-corrected chi connectivity index (χ4v) is 5.59. The summed E-state index contributed by atoms with van der Waals surface area (Å²) >= 11 is 0. The Kier molecular flexibility index (Phi) is 7.12. The lowest BCUT2D eigenvalue weighted by atomic mass is 9.96. The number of halogens is 1. The zero-order valence-corrected chi connectivity index (χ0v) is 21.1. The van der Waals surface area contributed by atoms with Gasteiger partial charge >= 0.3 is 0 Å². The van der Waals surface area contributed by atoms with Gasteiger partial charge in [0.25, 0.3) is 0 Å². The number of carbonyl (C=O) groups excluding carboxylic acids is 1. The summed E-state index contributed by atoms with van der Waals surface area (Å²) in [7, 11) is -0.740. The number of aromatic nitrogens is 2. The Morgan fingerprint density at radius 2 is 1.85 bits per heavy atom. The minimum absolute atomic E-state index is 0.0515. The smallest absolute Gasteiger partial charge is 0.245 e. The number of anilines is 2. The molecule has 0 radical (unpaired) electrons. The maximum atomic E-state index is 14.9. The summed E-state index contributed by atoms with van der Waals surface area (Å²) in [5, 5.41) is 0. The van der Waals surface area contributed by atoms with Crippen molar-refractivity contribution >= 4 is 32.9 Å². The molecule has 2 fully saturated rings. The molecule has 0 aliphatic carbocycles. The number of piperidine rings is 2. The van der Waals surface area contributed by atoms with E-state index in [4.69, 9.17) is 0 Å². The average molecular weight is 488 g/mol. The van der Waals surface area contributed by atoms with Crippen LogP contribution in [0.25, 0.3) is 0 Å². The quantitative estimate of drug-likeness (QED) is 0.584. The molecule has 1 aromatic heterocycles. The van der Waals surface area contributed by atoms with Crippen LogP contribution in [0.4, 0.5) is 16.0 Å².